The molecular formula is C14H18BrF2N. The van der Waals surface area contributed by atoms with Crippen molar-refractivity contribution in [3.63, 3.8) is 0 Å². The number of alkyl halides is 3. The molecule has 0 saturated heterocycles. The highest BCUT2D eigenvalue weighted by atomic mass is 79.9. The van der Waals surface area contributed by atoms with Crippen molar-refractivity contribution in [1.82, 2.24) is 4.90 Å². The normalized spacial score (nSPS) is 16.9. The standard InChI is InChI=1S/C14H18BrF2N/c15-9-10-18(13-7-4-8-13)11-14(16,17)12-5-2-1-3-6-12/h1-3,5-6,13H,4,7-11H2. The van der Waals surface area contributed by atoms with Gasteiger partial charge in [0.05, 0.1) is 6.54 Å². The Balaban J connectivity index is 2.04. The first-order valence-electron chi connectivity index (χ1n) is 6.37. The second kappa shape index (κ2) is 6.11. The highest BCUT2D eigenvalue weighted by Crippen LogP contribution is 2.33. The van der Waals surface area contributed by atoms with Crippen LogP contribution >= 0.6 is 15.9 Å². The fourth-order valence-electron chi connectivity index (χ4n) is 2.28. The van der Waals surface area contributed by atoms with Gasteiger partial charge in [0, 0.05) is 23.5 Å². The van der Waals surface area contributed by atoms with E-state index in [1.165, 1.54) is 18.6 Å². The molecule has 0 bridgehead atoms. The fraction of sp³-hybridized carbons (Fsp3) is 0.571. The number of rotatable bonds is 6. The van der Waals surface area contributed by atoms with Crippen LogP contribution in [0.4, 0.5) is 8.78 Å². The van der Waals surface area contributed by atoms with Crippen LogP contribution in [0.25, 0.3) is 0 Å². The largest absolute Gasteiger partial charge is 0.293 e. The lowest BCUT2D eigenvalue weighted by molar-refractivity contribution is -0.0548. The lowest BCUT2D eigenvalue weighted by atomic mass is 9.91. The number of hydrogen-bond donors (Lipinski definition) is 0. The van der Waals surface area contributed by atoms with Crippen molar-refractivity contribution in [3.05, 3.63) is 35.9 Å². The second-order valence-electron chi connectivity index (χ2n) is 4.81. The number of hydrogen-bond acceptors (Lipinski definition) is 1. The minimum atomic E-state index is -2.76. The summed E-state index contributed by atoms with van der Waals surface area (Å²) < 4.78 is 28.4. The van der Waals surface area contributed by atoms with Gasteiger partial charge in [0.2, 0.25) is 0 Å². The number of benzene rings is 1. The Morgan fingerprint density at radius 2 is 1.89 bits per heavy atom. The summed E-state index contributed by atoms with van der Waals surface area (Å²) in [5, 5.41) is 0.744. The van der Waals surface area contributed by atoms with E-state index in [4.69, 9.17) is 0 Å². The molecular weight excluding hydrogens is 300 g/mol. The maximum absolute atomic E-state index is 14.2. The quantitative estimate of drug-likeness (QED) is 0.716. The van der Waals surface area contributed by atoms with Crippen LogP contribution in [0, 0.1) is 0 Å². The molecule has 1 aliphatic rings. The highest BCUT2D eigenvalue weighted by Gasteiger charge is 2.37. The molecule has 0 radical (unpaired) electrons. The van der Waals surface area contributed by atoms with Crippen LogP contribution in [0.3, 0.4) is 0 Å². The smallest absolute Gasteiger partial charge is 0.285 e. The van der Waals surface area contributed by atoms with E-state index in [0.717, 1.165) is 18.2 Å². The minimum absolute atomic E-state index is 0.115. The van der Waals surface area contributed by atoms with Gasteiger partial charge in [0.1, 0.15) is 0 Å². The molecule has 1 aromatic rings. The van der Waals surface area contributed by atoms with Crippen LogP contribution in [0.2, 0.25) is 0 Å². The second-order valence-corrected chi connectivity index (χ2v) is 5.61. The maximum Gasteiger partial charge on any atom is 0.285 e. The zero-order valence-corrected chi connectivity index (χ0v) is 11.9. The summed E-state index contributed by atoms with van der Waals surface area (Å²) >= 11 is 3.35. The predicted molar refractivity (Wildman–Crippen MR) is 73.3 cm³/mol. The Morgan fingerprint density at radius 3 is 2.39 bits per heavy atom. The van der Waals surface area contributed by atoms with E-state index >= 15 is 0 Å². The summed E-state index contributed by atoms with van der Waals surface area (Å²) in [5.74, 6) is -2.76. The van der Waals surface area contributed by atoms with Gasteiger partial charge in [-0.3, -0.25) is 4.90 Å². The SMILES string of the molecule is FC(F)(CN(CCBr)C1CCC1)c1ccccc1. The van der Waals surface area contributed by atoms with Gasteiger partial charge in [-0.15, -0.1) is 0 Å². The lowest BCUT2D eigenvalue weighted by Gasteiger charge is -2.39. The molecule has 1 nitrogen and oxygen atoms in total. The van der Waals surface area contributed by atoms with Crippen LogP contribution in [-0.4, -0.2) is 29.4 Å². The van der Waals surface area contributed by atoms with E-state index in [-0.39, 0.29) is 12.1 Å². The Morgan fingerprint density at radius 1 is 1.22 bits per heavy atom. The first-order chi connectivity index (χ1) is 8.63. The molecule has 1 saturated carbocycles. The number of halogens is 3. The molecule has 0 aromatic heterocycles. The van der Waals surface area contributed by atoms with Gasteiger partial charge in [-0.25, -0.2) is 0 Å². The van der Waals surface area contributed by atoms with Crippen LogP contribution in [-0.2, 0) is 5.92 Å². The van der Waals surface area contributed by atoms with E-state index in [0.29, 0.717) is 12.6 Å². The van der Waals surface area contributed by atoms with Crippen LogP contribution in [0.1, 0.15) is 24.8 Å². The zero-order chi connectivity index (χ0) is 13.0. The lowest BCUT2D eigenvalue weighted by Crippen LogP contribution is -2.46. The summed E-state index contributed by atoms with van der Waals surface area (Å²) in [4.78, 5) is 1.92. The molecule has 0 heterocycles. The van der Waals surface area contributed by atoms with Gasteiger partial charge < -0.3 is 0 Å². The summed E-state index contributed by atoms with van der Waals surface area (Å²) in [5.41, 5.74) is 0.115. The van der Waals surface area contributed by atoms with Gasteiger partial charge in [-0.1, -0.05) is 52.7 Å². The Kier molecular flexibility index (Phi) is 4.73. The van der Waals surface area contributed by atoms with Gasteiger partial charge in [-0.2, -0.15) is 8.78 Å². The maximum atomic E-state index is 14.2. The van der Waals surface area contributed by atoms with Crippen molar-refractivity contribution in [2.45, 2.75) is 31.2 Å². The van der Waals surface area contributed by atoms with E-state index in [9.17, 15) is 8.78 Å². The molecule has 1 fully saturated rings. The molecule has 1 aromatic carbocycles. The van der Waals surface area contributed by atoms with Gasteiger partial charge in [0.25, 0.3) is 5.92 Å². The summed E-state index contributed by atoms with van der Waals surface area (Å²) in [6, 6.07) is 8.46. The minimum Gasteiger partial charge on any atom is -0.293 e. The van der Waals surface area contributed by atoms with Crippen molar-refractivity contribution in [3.8, 4) is 0 Å². The fourth-order valence-corrected chi connectivity index (χ4v) is 2.73. The van der Waals surface area contributed by atoms with Gasteiger partial charge >= 0.3 is 0 Å². The molecule has 0 unspecified atom stereocenters. The average molecular weight is 318 g/mol. The third-order valence-corrected chi connectivity index (χ3v) is 3.92. The molecule has 18 heavy (non-hydrogen) atoms. The molecule has 0 aliphatic heterocycles. The van der Waals surface area contributed by atoms with Crippen molar-refractivity contribution in [2.24, 2.45) is 0 Å². The first kappa shape index (κ1) is 13.9. The van der Waals surface area contributed by atoms with Crippen molar-refractivity contribution < 1.29 is 8.78 Å². The first-order valence-corrected chi connectivity index (χ1v) is 7.49. The predicted octanol–water partition coefficient (Wildman–Crippen LogP) is 4.03. The zero-order valence-electron chi connectivity index (χ0n) is 10.3. The molecule has 100 valence electrons. The van der Waals surface area contributed by atoms with Gasteiger partial charge in [-0.05, 0) is 12.8 Å². The summed E-state index contributed by atoms with van der Waals surface area (Å²) in [6.45, 7) is 0.514. The molecule has 0 atom stereocenters. The van der Waals surface area contributed by atoms with Crippen LogP contribution in [0.5, 0.6) is 0 Å². The van der Waals surface area contributed by atoms with E-state index < -0.39 is 5.92 Å². The number of nitrogens with zero attached hydrogens (tertiary/aromatic N) is 1. The van der Waals surface area contributed by atoms with Crippen LogP contribution in [0.15, 0.2) is 30.3 Å². The molecule has 1 aliphatic carbocycles. The third kappa shape index (κ3) is 3.29. The Bertz CT molecular complexity index is 365. The molecule has 2 rings (SSSR count). The topological polar surface area (TPSA) is 3.24 Å². The highest BCUT2D eigenvalue weighted by molar-refractivity contribution is 9.09. The molecule has 0 N–H and O–H groups in total. The summed E-state index contributed by atoms with van der Waals surface area (Å²) in [6.07, 6.45) is 3.27. The van der Waals surface area contributed by atoms with Crippen molar-refractivity contribution in [2.75, 3.05) is 18.4 Å². The Hall–Kier alpha value is -0.480. The molecule has 0 amide bonds. The molecule has 4 heteroatoms. The van der Waals surface area contributed by atoms with Crippen LogP contribution < -0.4 is 0 Å². The van der Waals surface area contributed by atoms with E-state index in [1.807, 2.05) is 4.90 Å². The average Bonchev–Trinajstić information content (AvgIpc) is 2.28. The molecule has 0 spiro atoms. The van der Waals surface area contributed by atoms with E-state index in [2.05, 4.69) is 15.9 Å². The monoisotopic (exact) mass is 317 g/mol. The van der Waals surface area contributed by atoms with Crippen molar-refractivity contribution in [1.29, 1.82) is 0 Å². The summed E-state index contributed by atoms with van der Waals surface area (Å²) in [7, 11) is 0. The van der Waals surface area contributed by atoms with E-state index in [1.54, 1.807) is 18.2 Å². The van der Waals surface area contributed by atoms with Gasteiger partial charge in [0.15, 0.2) is 0 Å². The third-order valence-electron chi connectivity index (χ3n) is 3.56. The Labute approximate surface area is 115 Å². The van der Waals surface area contributed by atoms with Crippen molar-refractivity contribution >= 4 is 15.9 Å².